The lowest BCUT2D eigenvalue weighted by atomic mass is 10.1. The fraction of sp³-hybridized carbons (Fsp3) is 0.350. The number of aryl methyl sites for hydroxylation is 4. The Bertz CT molecular complexity index is 634. The summed E-state index contributed by atoms with van der Waals surface area (Å²) >= 11 is 2.32. The van der Waals surface area contributed by atoms with Crippen LogP contribution < -0.4 is 0 Å². The zero-order valence-corrected chi connectivity index (χ0v) is 15.3. The molecular weight excluding hydrogens is 399 g/mol. The summed E-state index contributed by atoms with van der Waals surface area (Å²) in [5.41, 5.74) is 5.65. The Morgan fingerprint density at radius 1 is 0.826 bits per heavy atom. The molecule has 0 fully saturated rings. The molecule has 0 bridgehead atoms. The van der Waals surface area contributed by atoms with E-state index in [0.29, 0.717) is 5.56 Å². The van der Waals surface area contributed by atoms with Crippen LogP contribution in [0.3, 0.4) is 0 Å². The Labute approximate surface area is 155 Å². The quantitative estimate of drug-likeness (QED) is 0.395. The van der Waals surface area contributed by atoms with E-state index in [0.717, 1.165) is 5.56 Å². The van der Waals surface area contributed by atoms with Crippen LogP contribution in [-0.4, -0.2) is 13.1 Å². The number of carbonyl (C=O) groups is 1. The molecule has 2 aromatic rings. The smallest absolute Gasteiger partial charge is 0.337 e. The van der Waals surface area contributed by atoms with Gasteiger partial charge in [0, 0.05) is 3.57 Å². The number of carbonyl (C=O) groups excluding carboxylic acids is 1. The van der Waals surface area contributed by atoms with E-state index in [9.17, 15) is 4.79 Å². The molecule has 0 aliphatic carbocycles. The molecule has 23 heavy (non-hydrogen) atoms. The number of esters is 1. The zero-order valence-electron chi connectivity index (χ0n) is 13.2. The highest BCUT2D eigenvalue weighted by atomic mass is 127. The molecular formula is C20H29IO2. The Kier molecular flexibility index (Phi) is 11.7. The van der Waals surface area contributed by atoms with E-state index in [-0.39, 0.29) is 20.8 Å². The largest absolute Gasteiger partial charge is 0.465 e. The molecule has 0 atom stereocenters. The maximum atomic E-state index is 11.1. The topological polar surface area (TPSA) is 26.3 Å². The molecule has 0 spiro atoms. The standard InChI is InChI=1S/C10H12O2.C8H9I.2CH4/c1-7-4-5-9(6-8(7)2)10(11)12-3;1-6-3-4-8(9)5-7(6)2;;/h4-6H,1-3H3;3-5H,1-2H3;2*1H4. The van der Waals surface area contributed by atoms with Crippen LogP contribution in [0.25, 0.3) is 0 Å². The molecule has 2 rings (SSSR count). The second-order valence-corrected chi connectivity index (χ2v) is 6.26. The van der Waals surface area contributed by atoms with Crippen LogP contribution in [0.5, 0.6) is 0 Å². The minimum Gasteiger partial charge on any atom is -0.465 e. The van der Waals surface area contributed by atoms with Gasteiger partial charge in [0.25, 0.3) is 0 Å². The van der Waals surface area contributed by atoms with Crippen molar-refractivity contribution in [2.75, 3.05) is 7.11 Å². The van der Waals surface area contributed by atoms with Gasteiger partial charge in [-0.2, -0.15) is 0 Å². The van der Waals surface area contributed by atoms with E-state index in [1.54, 1.807) is 6.07 Å². The molecule has 0 saturated heterocycles. The molecule has 128 valence electrons. The van der Waals surface area contributed by atoms with Gasteiger partial charge in [-0.25, -0.2) is 4.79 Å². The van der Waals surface area contributed by atoms with Crippen LogP contribution in [0.15, 0.2) is 36.4 Å². The van der Waals surface area contributed by atoms with E-state index < -0.39 is 0 Å². The summed E-state index contributed by atoms with van der Waals surface area (Å²) in [5.74, 6) is -0.280. The summed E-state index contributed by atoms with van der Waals surface area (Å²) in [7, 11) is 1.39. The van der Waals surface area contributed by atoms with E-state index in [1.165, 1.54) is 27.4 Å². The lowest BCUT2D eigenvalue weighted by Gasteiger charge is -2.02. The number of benzene rings is 2. The van der Waals surface area contributed by atoms with E-state index in [4.69, 9.17) is 0 Å². The van der Waals surface area contributed by atoms with Crippen LogP contribution in [0, 0.1) is 31.3 Å². The predicted octanol–water partition coefficient (Wildman–Crippen LogP) is 6.27. The summed E-state index contributed by atoms with van der Waals surface area (Å²) in [6, 6.07) is 12.0. The average molecular weight is 428 g/mol. The second kappa shape index (κ2) is 11.2. The summed E-state index contributed by atoms with van der Waals surface area (Å²) in [4.78, 5) is 11.1. The minimum atomic E-state index is -0.280. The van der Waals surface area contributed by atoms with Gasteiger partial charge in [0.2, 0.25) is 0 Å². The molecule has 0 radical (unpaired) electrons. The molecule has 0 N–H and O–H groups in total. The maximum absolute atomic E-state index is 11.1. The second-order valence-electron chi connectivity index (χ2n) is 5.02. The first-order valence-corrected chi connectivity index (χ1v) is 7.81. The van der Waals surface area contributed by atoms with E-state index in [2.05, 4.69) is 59.4 Å². The first kappa shape index (κ1) is 23.9. The van der Waals surface area contributed by atoms with Crippen LogP contribution in [-0.2, 0) is 4.74 Å². The van der Waals surface area contributed by atoms with Crippen LogP contribution in [0.2, 0.25) is 0 Å². The molecule has 3 heteroatoms. The predicted molar refractivity (Wildman–Crippen MR) is 109 cm³/mol. The van der Waals surface area contributed by atoms with Gasteiger partial charge >= 0.3 is 5.97 Å². The van der Waals surface area contributed by atoms with Crippen LogP contribution in [0.1, 0.15) is 47.5 Å². The zero-order chi connectivity index (χ0) is 16.0. The highest BCUT2D eigenvalue weighted by Gasteiger charge is 2.04. The summed E-state index contributed by atoms with van der Waals surface area (Å²) in [5, 5.41) is 0. The van der Waals surface area contributed by atoms with Gasteiger partial charge in [-0.05, 0) is 96.8 Å². The van der Waals surface area contributed by atoms with Crippen molar-refractivity contribution in [1.82, 2.24) is 0 Å². The van der Waals surface area contributed by atoms with Crippen molar-refractivity contribution in [1.29, 1.82) is 0 Å². The first-order chi connectivity index (χ1) is 9.85. The Morgan fingerprint density at radius 3 is 1.70 bits per heavy atom. The highest BCUT2D eigenvalue weighted by Crippen LogP contribution is 2.11. The lowest BCUT2D eigenvalue weighted by Crippen LogP contribution is -2.01. The summed E-state index contributed by atoms with van der Waals surface area (Å²) < 4.78 is 5.91. The fourth-order valence-electron chi connectivity index (χ4n) is 1.69. The van der Waals surface area contributed by atoms with Gasteiger partial charge in [-0.3, -0.25) is 0 Å². The van der Waals surface area contributed by atoms with E-state index in [1.807, 2.05) is 26.0 Å². The number of halogens is 1. The van der Waals surface area contributed by atoms with Crippen LogP contribution >= 0.6 is 22.6 Å². The number of rotatable bonds is 1. The van der Waals surface area contributed by atoms with Crippen molar-refractivity contribution in [3.05, 3.63) is 67.8 Å². The third-order valence-corrected chi connectivity index (χ3v) is 4.07. The molecule has 0 saturated carbocycles. The first-order valence-electron chi connectivity index (χ1n) is 6.73. The summed E-state index contributed by atoms with van der Waals surface area (Å²) in [6.07, 6.45) is 0. The third kappa shape index (κ3) is 7.64. The number of ether oxygens (including phenoxy) is 1. The van der Waals surface area contributed by atoms with Crippen molar-refractivity contribution in [3.8, 4) is 0 Å². The van der Waals surface area contributed by atoms with Gasteiger partial charge in [-0.15, -0.1) is 0 Å². The molecule has 0 heterocycles. The molecule has 0 unspecified atom stereocenters. The number of hydrogen-bond donors (Lipinski definition) is 0. The highest BCUT2D eigenvalue weighted by molar-refractivity contribution is 14.1. The lowest BCUT2D eigenvalue weighted by molar-refractivity contribution is 0.0600. The Balaban J connectivity index is 0. The van der Waals surface area contributed by atoms with Gasteiger partial charge in [-0.1, -0.05) is 27.0 Å². The monoisotopic (exact) mass is 428 g/mol. The number of hydrogen-bond acceptors (Lipinski definition) is 2. The van der Waals surface area contributed by atoms with Gasteiger partial charge in [0.05, 0.1) is 12.7 Å². The minimum absolute atomic E-state index is 0. The van der Waals surface area contributed by atoms with Crippen molar-refractivity contribution < 1.29 is 9.53 Å². The summed E-state index contributed by atoms with van der Waals surface area (Å²) in [6.45, 7) is 8.25. The van der Waals surface area contributed by atoms with Gasteiger partial charge < -0.3 is 4.74 Å². The molecule has 0 aromatic heterocycles. The number of methoxy groups -OCH3 is 1. The Morgan fingerprint density at radius 2 is 1.30 bits per heavy atom. The normalized spacial score (nSPS) is 8.78. The molecule has 0 aliphatic heterocycles. The van der Waals surface area contributed by atoms with Gasteiger partial charge in [0.15, 0.2) is 0 Å². The van der Waals surface area contributed by atoms with E-state index >= 15 is 0 Å². The molecule has 0 amide bonds. The molecule has 0 aliphatic rings. The van der Waals surface area contributed by atoms with Crippen LogP contribution in [0.4, 0.5) is 0 Å². The van der Waals surface area contributed by atoms with Crippen molar-refractivity contribution in [2.24, 2.45) is 0 Å². The van der Waals surface area contributed by atoms with Crippen molar-refractivity contribution >= 4 is 28.6 Å². The average Bonchev–Trinajstić information content (AvgIpc) is 2.46. The van der Waals surface area contributed by atoms with Crippen molar-refractivity contribution in [3.63, 3.8) is 0 Å². The maximum Gasteiger partial charge on any atom is 0.337 e. The molecule has 2 aromatic carbocycles. The van der Waals surface area contributed by atoms with Gasteiger partial charge in [0.1, 0.15) is 0 Å². The fourth-order valence-corrected chi connectivity index (χ4v) is 2.34. The SMILES string of the molecule is C.C.COC(=O)c1ccc(C)c(C)c1.Cc1ccc(I)cc1C. The Hall–Kier alpha value is -1.36. The molecule has 2 nitrogen and oxygen atoms in total. The van der Waals surface area contributed by atoms with Crippen molar-refractivity contribution in [2.45, 2.75) is 42.5 Å². The third-order valence-electron chi connectivity index (χ3n) is 3.40.